The highest BCUT2D eigenvalue weighted by Crippen LogP contribution is 2.36. The minimum absolute atomic E-state index is 0.0225. The number of aromatic nitrogens is 1. The van der Waals surface area contributed by atoms with E-state index in [2.05, 4.69) is 21.6 Å². The molecule has 27 heavy (non-hydrogen) atoms. The molecule has 2 fully saturated rings. The average Bonchev–Trinajstić information content (AvgIpc) is 3.26. The van der Waals surface area contributed by atoms with E-state index in [1.165, 1.54) is 4.70 Å². The normalized spacial score (nSPS) is 23.8. The van der Waals surface area contributed by atoms with Crippen molar-refractivity contribution in [3.05, 3.63) is 24.3 Å². The Bertz CT molecular complexity index is 824. The summed E-state index contributed by atoms with van der Waals surface area (Å²) in [5, 5.41) is 7.12. The first-order valence-electron chi connectivity index (χ1n) is 9.66. The Hall–Kier alpha value is -2.15. The molecule has 2 aliphatic heterocycles. The molecule has 2 aliphatic rings. The van der Waals surface area contributed by atoms with Crippen LogP contribution >= 0.6 is 11.3 Å². The number of carbonyl (C=O) groups excluding carboxylic acids is 2. The van der Waals surface area contributed by atoms with Gasteiger partial charge in [0.15, 0.2) is 5.13 Å². The smallest absolute Gasteiger partial charge is 0.229 e. The highest BCUT2D eigenvalue weighted by molar-refractivity contribution is 7.22. The van der Waals surface area contributed by atoms with Crippen molar-refractivity contribution in [2.24, 2.45) is 11.3 Å². The fourth-order valence-corrected chi connectivity index (χ4v) is 5.06. The van der Waals surface area contributed by atoms with E-state index in [4.69, 9.17) is 4.98 Å². The Morgan fingerprint density at radius 3 is 2.70 bits per heavy atom. The van der Waals surface area contributed by atoms with Gasteiger partial charge in [0.25, 0.3) is 0 Å². The van der Waals surface area contributed by atoms with E-state index in [1.807, 2.05) is 32.0 Å². The van der Waals surface area contributed by atoms with Crippen molar-refractivity contribution in [2.75, 3.05) is 24.5 Å². The third-order valence-corrected chi connectivity index (χ3v) is 7.11. The van der Waals surface area contributed by atoms with E-state index in [9.17, 15) is 9.59 Å². The fraction of sp³-hybridized carbons (Fsp3) is 0.550. The van der Waals surface area contributed by atoms with Gasteiger partial charge in [-0.3, -0.25) is 9.59 Å². The van der Waals surface area contributed by atoms with Crippen LogP contribution in [0.5, 0.6) is 0 Å². The van der Waals surface area contributed by atoms with E-state index >= 15 is 0 Å². The van der Waals surface area contributed by atoms with Crippen LogP contribution in [0.4, 0.5) is 5.13 Å². The molecular formula is C20H26N4O2S. The zero-order valence-electron chi connectivity index (χ0n) is 15.8. The fourth-order valence-electron chi connectivity index (χ4n) is 4.04. The summed E-state index contributed by atoms with van der Waals surface area (Å²) in [4.78, 5) is 31.7. The van der Waals surface area contributed by atoms with Gasteiger partial charge >= 0.3 is 0 Å². The maximum atomic E-state index is 13.0. The maximum absolute atomic E-state index is 13.0. The third kappa shape index (κ3) is 3.40. The number of piperidine rings is 1. The summed E-state index contributed by atoms with van der Waals surface area (Å²) in [6, 6.07) is 8.37. The summed E-state index contributed by atoms with van der Waals surface area (Å²) >= 11 is 1.72. The van der Waals surface area contributed by atoms with Crippen LogP contribution in [0.3, 0.4) is 0 Å². The molecule has 1 aromatic heterocycles. The molecule has 0 aliphatic carbocycles. The van der Waals surface area contributed by atoms with Gasteiger partial charge in [0.1, 0.15) is 0 Å². The van der Waals surface area contributed by atoms with E-state index in [1.54, 1.807) is 11.3 Å². The first-order valence-corrected chi connectivity index (χ1v) is 10.5. The number of benzene rings is 1. The first-order chi connectivity index (χ1) is 13.0. The van der Waals surface area contributed by atoms with Crippen LogP contribution in [0.1, 0.15) is 33.1 Å². The van der Waals surface area contributed by atoms with E-state index in [0.29, 0.717) is 13.0 Å². The Balaban J connectivity index is 1.37. The van der Waals surface area contributed by atoms with Gasteiger partial charge in [-0.1, -0.05) is 37.3 Å². The maximum Gasteiger partial charge on any atom is 0.229 e. The average molecular weight is 387 g/mol. The van der Waals surface area contributed by atoms with Crippen molar-refractivity contribution in [1.82, 2.24) is 15.6 Å². The SMILES string of the molecule is CC(C)[C@]1(C(=O)NC2CCN(c3nc4ccccc4s3)CC2)CNC(=O)C1. The predicted molar refractivity (Wildman–Crippen MR) is 108 cm³/mol. The van der Waals surface area contributed by atoms with Crippen molar-refractivity contribution in [3.63, 3.8) is 0 Å². The molecule has 2 N–H and O–H groups in total. The number of thiazole rings is 1. The summed E-state index contributed by atoms with van der Waals surface area (Å²) in [6.07, 6.45) is 2.09. The zero-order valence-corrected chi connectivity index (χ0v) is 16.6. The second-order valence-electron chi connectivity index (χ2n) is 7.96. The molecule has 3 heterocycles. The van der Waals surface area contributed by atoms with Gasteiger partial charge < -0.3 is 15.5 Å². The number of hydrogen-bond donors (Lipinski definition) is 2. The predicted octanol–water partition coefficient (Wildman–Crippen LogP) is 2.54. The lowest BCUT2D eigenvalue weighted by Gasteiger charge is -2.36. The van der Waals surface area contributed by atoms with Gasteiger partial charge in [-0.2, -0.15) is 0 Å². The van der Waals surface area contributed by atoms with Crippen LogP contribution in [0, 0.1) is 11.3 Å². The van der Waals surface area contributed by atoms with Crippen LogP contribution in [0.25, 0.3) is 10.2 Å². The number of carbonyl (C=O) groups is 2. The topological polar surface area (TPSA) is 74.3 Å². The van der Waals surface area contributed by atoms with Crippen molar-refractivity contribution in [1.29, 1.82) is 0 Å². The number of hydrogen-bond acceptors (Lipinski definition) is 5. The molecular weight excluding hydrogens is 360 g/mol. The van der Waals surface area contributed by atoms with Gasteiger partial charge in [0, 0.05) is 32.1 Å². The molecule has 144 valence electrons. The summed E-state index contributed by atoms with van der Waals surface area (Å²) in [7, 11) is 0. The molecule has 2 saturated heterocycles. The molecule has 1 atom stereocenters. The molecule has 0 bridgehead atoms. The second kappa shape index (κ2) is 7.11. The van der Waals surface area contributed by atoms with E-state index < -0.39 is 5.41 Å². The third-order valence-electron chi connectivity index (χ3n) is 6.02. The van der Waals surface area contributed by atoms with Crippen molar-refractivity contribution in [2.45, 2.75) is 39.2 Å². The van der Waals surface area contributed by atoms with E-state index in [0.717, 1.165) is 36.6 Å². The van der Waals surface area contributed by atoms with Crippen molar-refractivity contribution < 1.29 is 9.59 Å². The van der Waals surface area contributed by atoms with Gasteiger partial charge in [-0.15, -0.1) is 0 Å². The molecule has 2 amide bonds. The molecule has 6 nitrogen and oxygen atoms in total. The Morgan fingerprint density at radius 1 is 1.33 bits per heavy atom. The molecule has 0 spiro atoms. The number of nitrogens with one attached hydrogen (secondary N) is 2. The molecule has 4 rings (SSSR count). The minimum atomic E-state index is -0.610. The number of amides is 2. The number of anilines is 1. The molecule has 1 aromatic carbocycles. The van der Waals surface area contributed by atoms with Crippen molar-refractivity contribution >= 4 is 38.5 Å². The highest BCUT2D eigenvalue weighted by Gasteiger charge is 2.48. The Morgan fingerprint density at radius 2 is 2.07 bits per heavy atom. The molecule has 0 saturated carbocycles. The summed E-state index contributed by atoms with van der Waals surface area (Å²) in [6.45, 7) is 6.26. The molecule has 0 unspecified atom stereocenters. The quantitative estimate of drug-likeness (QED) is 0.847. The second-order valence-corrected chi connectivity index (χ2v) is 8.97. The van der Waals surface area contributed by atoms with Gasteiger partial charge in [0.2, 0.25) is 11.8 Å². The minimum Gasteiger partial charge on any atom is -0.355 e. The molecule has 2 aromatic rings. The highest BCUT2D eigenvalue weighted by atomic mass is 32.1. The van der Waals surface area contributed by atoms with Crippen LogP contribution in [-0.2, 0) is 9.59 Å². The van der Waals surface area contributed by atoms with Crippen LogP contribution < -0.4 is 15.5 Å². The van der Waals surface area contributed by atoms with E-state index in [-0.39, 0.29) is 23.8 Å². The number of nitrogens with zero attached hydrogens (tertiary/aromatic N) is 2. The van der Waals surface area contributed by atoms with Gasteiger partial charge in [-0.05, 0) is 30.9 Å². The summed E-state index contributed by atoms with van der Waals surface area (Å²) in [5.41, 5.74) is 0.437. The van der Waals surface area contributed by atoms with Crippen LogP contribution in [-0.4, -0.2) is 42.5 Å². The van der Waals surface area contributed by atoms with Crippen LogP contribution in [0.2, 0.25) is 0 Å². The van der Waals surface area contributed by atoms with Crippen molar-refractivity contribution in [3.8, 4) is 0 Å². The largest absolute Gasteiger partial charge is 0.355 e. The number of rotatable bonds is 4. The number of para-hydroxylation sites is 1. The van der Waals surface area contributed by atoms with Gasteiger partial charge in [0.05, 0.1) is 15.6 Å². The Kier molecular flexibility index (Phi) is 4.80. The first kappa shape index (κ1) is 18.2. The summed E-state index contributed by atoms with van der Waals surface area (Å²) < 4.78 is 1.21. The standard InChI is InChI=1S/C20H26N4O2S/c1-13(2)20(11-17(25)21-12-20)18(26)22-14-7-9-24(10-8-14)19-23-15-5-3-4-6-16(15)27-19/h3-6,13-14H,7-12H2,1-2H3,(H,21,25)(H,22,26)/t20-/m1/s1. The molecule has 7 heteroatoms. The lowest BCUT2D eigenvalue weighted by Crippen LogP contribution is -2.52. The monoisotopic (exact) mass is 386 g/mol. The lowest BCUT2D eigenvalue weighted by atomic mass is 9.75. The Labute approximate surface area is 163 Å². The summed E-state index contributed by atoms with van der Waals surface area (Å²) in [5.74, 6) is 0.123. The van der Waals surface area contributed by atoms with Crippen LogP contribution in [0.15, 0.2) is 24.3 Å². The number of fused-ring (bicyclic) bond motifs is 1. The molecule has 0 radical (unpaired) electrons. The zero-order chi connectivity index (χ0) is 19.0. The lowest BCUT2D eigenvalue weighted by molar-refractivity contribution is -0.135. The van der Waals surface area contributed by atoms with Gasteiger partial charge in [-0.25, -0.2) is 4.98 Å².